The molecule has 0 saturated carbocycles. The molecule has 1 aromatic heterocycles. The summed E-state index contributed by atoms with van der Waals surface area (Å²) in [6, 6.07) is 4.23. The first-order chi connectivity index (χ1) is 8.86. The summed E-state index contributed by atoms with van der Waals surface area (Å²) in [5, 5.41) is 0. The summed E-state index contributed by atoms with van der Waals surface area (Å²) < 4.78 is 1.17. The van der Waals surface area contributed by atoms with Crippen LogP contribution in [0, 0.1) is 0 Å². The maximum atomic E-state index is 12.1. The van der Waals surface area contributed by atoms with Crippen LogP contribution in [0.3, 0.4) is 0 Å². The summed E-state index contributed by atoms with van der Waals surface area (Å²) in [5.41, 5.74) is 5.10. The molecule has 1 amide bonds. The minimum absolute atomic E-state index is 0. The molecule has 0 unspecified atom stereocenters. The molecule has 1 aromatic rings. The number of carbonyl (C=O) groups is 1. The molecule has 0 aliphatic carbocycles. The molecule has 0 radical (unpaired) electrons. The number of halogens is 3. The number of nitrogens with two attached hydrogens (primary N) is 1. The van der Waals surface area contributed by atoms with Crippen molar-refractivity contribution in [3.05, 3.63) is 20.8 Å². The molecular weight excluding hydrogens is 397 g/mol. The third-order valence-corrected chi connectivity index (χ3v) is 4.83. The molecule has 0 aromatic carbocycles. The van der Waals surface area contributed by atoms with E-state index in [2.05, 4.69) is 33.0 Å². The van der Waals surface area contributed by atoms with Gasteiger partial charge in [-0.3, -0.25) is 9.69 Å². The van der Waals surface area contributed by atoms with E-state index in [1.165, 1.54) is 8.66 Å². The van der Waals surface area contributed by atoms with E-state index >= 15 is 0 Å². The third kappa shape index (κ3) is 6.04. The van der Waals surface area contributed by atoms with Crippen LogP contribution in [0.2, 0.25) is 0 Å². The second-order valence-electron chi connectivity index (χ2n) is 5.50. The number of nitrogens with zero attached hydrogens (tertiary/aromatic N) is 2. The lowest BCUT2D eigenvalue weighted by Gasteiger charge is -2.37. The fourth-order valence-corrected chi connectivity index (χ4v) is 3.70. The normalized spacial score (nSPS) is 16.1. The Balaban J connectivity index is 0.00000200. The molecule has 1 aliphatic heterocycles. The van der Waals surface area contributed by atoms with Crippen LogP contribution in [-0.4, -0.2) is 47.4 Å². The number of carbonyl (C=O) groups excluding carboxylic acids is 1. The molecule has 0 spiro atoms. The molecule has 1 fully saturated rings. The van der Waals surface area contributed by atoms with Gasteiger partial charge in [0.15, 0.2) is 0 Å². The first-order valence-corrected chi connectivity index (χ1v) is 8.02. The Bertz CT molecular complexity index is 457. The van der Waals surface area contributed by atoms with Gasteiger partial charge in [0, 0.05) is 37.6 Å². The Morgan fingerprint density at radius 3 is 2.29 bits per heavy atom. The molecule has 0 atom stereocenters. The number of rotatable bonds is 3. The van der Waals surface area contributed by atoms with Crippen molar-refractivity contribution in [1.29, 1.82) is 0 Å². The largest absolute Gasteiger partial charge is 0.339 e. The maximum Gasteiger partial charge on any atom is 0.242 e. The zero-order chi connectivity index (χ0) is 14.0. The molecule has 2 N–H and O–H groups in total. The molecule has 8 heteroatoms. The molecule has 21 heavy (non-hydrogen) atoms. The predicted molar refractivity (Wildman–Crippen MR) is 96.6 cm³/mol. The first kappa shape index (κ1) is 21.1. The van der Waals surface area contributed by atoms with Gasteiger partial charge in [0.25, 0.3) is 0 Å². The van der Waals surface area contributed by atoms with Crippen molar-refractivity contribution in [3.8, 4) is 0 Å². The summed E-state index contributed by atoms with van der Waals surface area (Å²) in [6.07, 6.45) is 0. The lowest BCUT2D eigenvalue weighted by atomic mass is 10.0. The third-order valence-electron chi connectivity index (χ3n) is 3.22. The molecule has 2 rings (SSSR count). The zero-order valence-corrected chi connectivity index (χ0v) is 16.2. The molecule has 2 heterocycles. The van der Waals surface area contributed by atoms with Gasteiger partial charge in [-0.05, 0) is 41.9 Å². The van der Waals surface area contributed by atoms with Gasteiger partial charge in [0.2, 0.25) is 5.91 Å². The van der Waals surface area contributed by atoms with Crippen molar-refractivity contribution in [3.63, 3.8) is 0 Å². The van der Waals surface area contributed by atoms with Gasteiger partial charge in [0.05, 0.1) is 9.33 Å². The molecule has 1 saturated heterocycles. The average molecular weight is 419 g/mol. The second-order valence-corrected chi connectivity index (χ2v) is 8.04. The van der Waals surface area contributed by atoms with E-state index in [4.69, 9.17) is 5.73 Å². The number of thiophene rings is 1. The van der Waals surface area contributed by atoms with Crippen LogP contribution < -0.4 is 5.73 Å². The minimum atomic E-state index is -0.763. The summed E-state index contributed by atoms with van der Waals surface area (Å²) in [6.45, 7) is 7.87. The summed E-state index contributed by atoms with van der Waals surface area (Å²) in [4.78, 5) is 17.7. The number of hydrogen-bond acceptors (Lipinski definition) is 4. The van der Waals surface area contributed by atoms with Crippen LogP contribution >= 0.6 is 52.1 Å². The Kier molecular flexibility index (Phi) is 8.76. The van der Waals surface area contributed by atoms with Crippen LogP contribution in [0.4, 0.5) is 0 Å². The Hall–Kier alpha value is 0.150. The van der Waals surface area contributed by atoms with Gasteiger partial charge in [-0.1, -0.05) is 0 Å². The number of hydrogen-bond donors (Lipinski definition) is 1. The highest BCUT2D eigenvalue weighted by atomic mass is 79.9. The lowest BCUT2D eigenvalue weighted by molar-refractivity contribution is -0.137. The topological polar surface area (TPSA) is 49.6 Å². The van der Waals surface area contributed by atoms with E-state index in [1.54, 1.807) is 25.2 Å². The molecule has 4 nitrogen and oxygen atoms in total. The van der Waals surface area contributed by atoms with Crippen molar-refractivity contribution in [2.24, 2.45) is 5.73 Å². The minimum Gasteiger partial charge on any atom is -0.339 e. The van der Waals surface area contributed by atoms with Gasteiger partial charge in [-0.25, -0.2) is 0 Å². The van der Waals surface area contributed by atoms with Crippen LogP contribution in [0.15, 0.2) is 15.9 Å². The predicted octanol–water partition coefficient (Wildman–Crippen LogP) is 2.74. The summed E-state index contributed by atoms with van der Waals surface area (Å²) in [7, 11) is 0. The molecular formula is C13H22BrCl2N3OS. The van der Waals surface area contributed by atoms with Gasteiger partial charge >= 0.3 is 0 Å². The fraction of sp³-hybridized carbons (Fsp3) is 0.615. The first-order valence-electron chi connectivity index (χ1n) is 6.41. The van der Waals surface area contributed by atoms with E-state index in [0.717, 1.165) is 32.7 Å². The maximum absolute atomic E-state index is 12.1. The van der Waals surface area contributed by atoms with E-state index in [9.17, 15) is 4.79 Å². The highest BCUT2D eigenvalue weighted by Crippen LogP contribution is 2.23. The molecule has 1 aliphatic rings. The van der Waals surface area contributed by atoms with E-state index < -0.39 is 5.54 Å². The standard InChI is InChI=1S/C13H20BrN3OS.2ClH/c1-13(2,15)12(18)17-7-5-16(6-8-17)9-10-3-4-11(14)19-10;;/h3-4H,5-9,15H2,1-2H3;2*1H. The highest BCUT2D eigenvalue weighted by molar-refractivity contribution is 9.11. The monoisotopic (exact) mass is 417 g/mol. The fourth-order valence-electron chi connectivity index (χ4n) is 2.17. The van der Waals surface area contributed by atoms with Gasteiger partial charge in [0.1, 0.15) is 0 Å². The van der Waals surface area contributed by atoms with Crippen molar-refractivity contribution in [2.45, 2.75) is 25.9 Å². The molecule has 0 bridgehead atoms. The van der Waals surface area contributed by atoms with Gasteiger partial charge < -0.3 is 10.6 Å². The summed E-state index contributed by atoms with van der Waals surface area (Å²) in [5.74, 6) is 0.0472. The quantitative estimate of drug-likeness (QED) is 0.820. The van der Waals surface area contributed by atoms with Crippen LogP contribution in [0.25, 0.3) is 0 Å². The van der Waals surface area contributed by atoms with Crippen LogP contribution in [-0.2, 0) is 11.3 Å². The van der Waals surface area contributed by atoms with Crippen molar-refractivity contribution < 1.29 is 4.79 Å². The average Bonchev–Trinajstić information content (AvgIpc) is 2.74. The van der Waals surface area contributed by atoms with Crippen molar-refractivity contribution in [2.75, 3.05) is 26.2 Å². The highest BCUT2D eigenvalue weighted by Gasteiger charge is 2.30. The zero-order valence-electron chi connectivity index (χ0n) is 12.2. The van der Waals surface area contributed by atoms with E-state index in [1.807, 2.05) is 4.90 Å². The second kappa shape index (κ2) is 8.70. The SMILES string of the molecule is CC(C)(N)C(=O)N1CCN(Cc2ccc(Br)s2)CC1.Cl.Cl. The van der Waals surface area contributed by atoms with E-state index in [-0.39, 0.29) is 30.7 Å². The Morgan fingerprint density at radius 2 is 1.86 bits per heavy atom. The van der Waals surface area contributed by atoms with Crippen molar-refractivity contribution >= 4 is 58.0 Å². The number of piperazine rings is 1. The number of amides is 1. The van der Waals surface area contributed by atoms with Crippen molar-refractivity contribution in [1.82, 2.24) is 9.80 Å². The summed E-state index contributed by atoms with van der Waals surface area (Å²) >= 11 is 5.25. The van der Waals surface area contributed by atoms with Gasteiger partial charge in [-0.2, -0.15) is 0 Å². The Labute approximate surface area is 151 Å². The van der Waals surface area contributed by atoms with Crippen LogP contribution in [0.1, 0.15) is 18.7 Å². The Morgan fingerprint density at radius 1 is 1.29 bits per heavy atom. The molecule has 122 valence electrons. The van der Waals surface area contributed by atoms with Crippen LogP contribution in [0.5, 0.6) is 0 Å². The smallest absolute Gasteiger partial charge is 0.242 e. The van der Waals surface area contributed by atoms with Gasteiger partial charge in [-0.15, -0.1) is 36.2 Å². The lowest BCUT2D eigenvalue weighted by Crippen LogP contribution is -2.56. The van der Waals surface area contributed by atoms with E-state index in [0.29, 0.717) is 0 Å².